The van der Waals surface area contributed by atoms with Crippen molar-refractivity contribution in [3.63, 3.8) is 0 Å². The molecule has 4 nitrogen and oxygen atoms in total. The fraction of sp³-hybridized carbons (Fsp3) is 0.167. The van der Waals surface area contributed by atoms with Gasteiger partial charge in [0.2, 0.25) is 0 Å². The Hall–Kier alpha value is -1.59. The van der Waals surface area contributed by atoms with Crippen LogP contribution in [0.1, 0.15) is 28.3 Å². The molecule has 1 aromatic carbocycles. The standard InChI is InChI=1S/C12H12ClN3OS/c1-7(12-15-4-5-18-12)16-11(17)9-3-2-8(14)6-10(9)13/h2-7H,14H2,1H3,(H,16,17). The summed E-state index contributed by atoms with van der Waals surface area (Å²) in [5, 5.41) is 5.91. The molecular formula is C12H12ClN3OS. The van der Waals surface area contributed by atoms with Gasteiger partial charge in [-0.1, -0.05) is 11.6 Å². The van der Waals surface area contributed by atoms with E-state index in [-0.39, 0.29) is 11.9 Å². The summed E-state index contributed by atoms with van der Waals surface area (Å²) in [4.78, 5) is 16.2. The van der Waals surface area contributed by atoms with E-state index in [4.69, 9.17) is 17.3 Å². The molecule has 6 heteroatoms. The number of halogens is 1. The van der Waals surface area contributed by atoms with Crippen LogP contribution in [0.15, 0.2) is 29.8 Å². The van der Waals surface area contributed by atoms with E-state index in [2.05, 4.69) is 10.3 Å². The van der Waals surface area contributed by atoms with Crippen molar-refractivity contribution in [1.29, 1.82) is 0 Å². The molecule has 1 atom stereocenters. The SMILES string of the molecule is CC(NC(=O)c1ccc(N)cc1Cl)c1nccs1. The number of carbonyl (C=O) groups is 1. The number of hydrogen-bond acceptors (Lipinski definition) is 4. The summed E-state index contributed by atoms with van der Waals surface area (Å²) >= 11 is 7.47. The van der Waals surface area contributed by atoms with Crippen molar-refractivity contribution < 1.29 is 4.79 Å². The highest BCUT2D eigenvalue weighted by Crippen LogP contribution is 2.21. The molecule has 3 N–H and O–H groups in total. The third-order valence-electron chi connectivity index (χ3n) is 2.41. The first kappa shape index (κ1) is 12.9. The van der Waals surface area contributed by atoms with Gasteiger partial charge in [-0.05, 0) is 25.1 Å². The molecule has 1 aromatic heterocycles. The number of amides is 1. The number of carbonyl (C=O) groups excluding carboxylic acids is 1. The normalized spacial score (nSPS) is 12.1. The zero-order chi connectivity index (χ0) is 13.1. The lowest BCUT2D eigenvalue weighted by molar-refractivity contribution is 0.0940. The molecule has 0 radical (unpaired) electrons. The van der Waals surface area contributed by atoms with E-state index in [1.165, 1.54) is 11.3 Å². The average Bonchev–Trinajstić information content (AvgIpc) is 2.81. The molecule has 1 amide bonds. The minimum absolute atomic E-state index is 0.147. The van der Waals surface area contributed by atoms with E-state index < -0.39 is 0 Å². The van der Waals surface area contributed by atoms with Crippen molar-refractivity contribution >= 4 is 34.5 Å². The van der Waals surface area contributed by atoms with Crippen LogP contribution in [-0.2, 0) is 0 Å². The number of anilines is 1. The number of nitrogens with two attached hydrogens (primary N) is 1. The molecule has 0 fully saturated rings. The van der Waals surface area contributed by atoms with Gasteiger partial charge in [-0.3, -0.25) is 4.79 Å². The van der Waals surface area contributed by atoms with E-state index in [1.54, 1.807) is 24.4 Å². The summed E-state index contributed by atoms with van der Waals surface area (Å²) in [6, 6.07) is 4.67. The highest BCUT2D eigenvalue weighted by molar-refractivity contribution is 7.09. The van der Waals surface area contributed by atoms with Crippen molar-refractivity contribution in [2.24, 2.45) is 0 Å². The van der Waals surface area contributed by atoms with Crippen LogP contribution >= 0.6 is 22.9 Å². The van der Waals surface area contributed by atoms with E-state index >= 15 is 0 Å². The topological polar surface area (TPSA) is 68.0 Å². The van der Waals surface area contributed by atoms with Gasteiger partial charge in [0.1, 0.15) is 5.01 Å². The number of nitrogens with zero attached hydrogens (tertiary/aromatic N) is 1. The molecule has 0 aliphatic rings. The van der Waals surface area contributed by atoms with Crippen molar-refractivity contribution in [2.45, 2.75) is 13.0 Å². The predicted octanol–water partition coefficient (Wildman–Crippen LogP) is 2.87. The Morgan fingerprint density at radius 1 is 1.56 bits per heavy atom. The second kappa shape index (κ2) is 5.37. The molecule has 1 heterocycles. The Kier molecular flexibility index (Phi) is 3.84. The fourth-order valence-corrected chi connectivity index (χ4v) is 2.42. The summed E-state index contributed by atoms with van der Waals surface area (Å²) in [7, 11) is 0. The molecule has 0 saturated heterocycles. The van der Waals surface area contributed by atoms with E-state index in [9.17, 15) is 4.79 Å². The molecule has 2 rings (SSSR count). The molecule has 0 aliphatic heterocycles. The van der Waals surface area contributed by atoms with Crippen molar-refractivity contribution in [1.82, 2.24) is 10.3 Å². The highest BCUT2D eigenvalue weighted by atomic mass is 35.5. The largest absolute Gasteiger partial charge is 0.399 e. The number of hydrogen-bond donors (Lipinski definition) is 2. The lowest BCUT2D eigenvalue weighted by Crippen LogP contribution is -2.26. The first-order chi connectivity index (χ1) is 8.58. The zero-order valence-corrected chi connectivity index (χ0v) is 11.3. The van der Waals surface area contributed by atoms with Crippen LogP contribution in [0.25, 0.3) is 0 Å². The van der Waals surface area contributed by atoms with Gasteiger partial charge in [0, 0.05) is 17.3 Å². The third-order valence-corrected chi connectivity index (χ3v) is 3.68. The summed E-state index contributed by atoms with van der Waals surface area (Å²) in [6.45, 7) is 1.88. The molecule has 1 unspecified atom stereocenters. The van der Waals surface area contributed by atoms with Crippen LogP contribution in [0.3, 0.4) is 0 Å². The molecule has 18 heavy (non-hydrogen) atoms. The van der Waals surface area contributed by atoms with E-state index in [0.717, 1.165) is 5.01 Å². The van der Waals surface area contributed by atoms with Crippen LogP contribution in [0.5, 0.6) is 0 Å². The van der Waals surface area contributed by atoms with Crippen LogP contribution in [0.2, 0.25) is 5.02 Å². The number of aromatic nitrogens is 1. The van der Waals surface area contributed by atoms with Crippen LogP contribution in [0.4, 0.5) is 5.69 Å². The number of benzene rings is 1. The number of thiazole rings is 1. The zero-order valence-electron chi connectivity index (χ0n) is 9.68. The highest BCUT2D eigenvalue weighted by Gasteiger charge is 2.15. The van der Waals surface area contributed by atoms with Gasteiger partial charge in [0.05, 0.1) is 16.6 Å². The molecule has 0 saturated carbocycles. The first-order valence-electron chi connectivity index (χ1n) is 5.33. The van der Waals surface area contributed by atoms with Gasteiger partial charge < -0.3 is 11.1 Å². The molecule has 0 bridgehead atoms. The number of rotatable bonds is 3. The second-order valence-electron chi connectivity index (χ2n) is 3.80. The molecular weight excluding hydrogens is 270 g/mol. The Morgan fingerprint density at radius 3 is 2.94 bits per heavy atom. The van der Waals surface area contributed by atoms with Gasteiger partial charge in [-0.2, -0.15) is 0 Å². The summed E-state index contributed by atoms with van der Waals surface area (Å²) in [5.74, 6) is -0.234. The van der Waals surface area contributed by atoms with Gasteiger partial charge in [0.15, 0.2) is 0 Å². The van der Waals surface area contributed by atoms with Gasteiger partial charge in [0.25, 0.3) is 5.91 Å². The fourth-order valence-electron chi connectivity index (χ4n) is 1.50. The minimum atomic E-state index is -0.234. The maximum Gasteiger partial charge on any atom is 0.253 e. The Labute approximate surface area is 114 Å². The number of nitrogen functional groups attached to an aromatic ring is 1. The molecule has 2 aromatic rings. The maximum absolute atomic E-state index is 12.0. The monoisotopic (exact) mass is 281 g/mol. The van der Waals surface area contributed by atoms with Crippen LogP contribution in [0, 0.1) is 0 Å². The third kappa shape index (κ3) is 2.80. The molecule has 94 valence electrons. The van der Waals surface area contributed by atoms with Crippen molar-refractivity contribution in [3.8, 4) is 0 Å². The molecule has 0 aliphatic carbocycles. The Balaban J connectivity index is 2.12. The second-order valence-corrected chi connectivity index (χ2v) is 5.14. The van der Waals surface area contributed by atoms with E-state index in [0.29, 0.717) is 16.3 Å². The minimum Gasteiger partial charge on any atom is -0.399 e. The van der Waals surface area contributed by atoms with Crippen molar-refractivity contribution in [2.75, 3.05) is 5.73 Å². The summed E-state index contributed by atoms with van der Waals surface area (Å²) in [6.07, 6.45) is 1.71. The smallest absolute Gasteiger partial charge is 0.253 e. The van der Waals surface area contributed by atoms with E-state index in [1.807, 2.05) is 12.3 Å². The quantitative estimate of drug-likeness (QED) is 0.850. The lowest BCUT2D eigenvalue weighted by Gasteiger charge is -2.12. The Morgan fingerprint density at radius 2 is 2.33 bits per heavy atom. The lowest BCUT2D eigenvalue weighted by atomic mass is 10.2. The van der Waals surface area contributed by atoms with Gasteiger partial charge >= 0.3 is 0 Å². The first-order valence-corrected chi connectivity index (χ1v) is 6.59. The van der Waals surface area contributed by atoms with Crippen LogP contribution in [-0.4, -0.2) is 10.9 Å². The van der Waals surface area contributed by atoms with Gasteiger partial charge in [-0.25, -0.2) is 4.98 Å². The predicted molar refractivity (Wildman–Crippen MR) is 73.9 cm³/mol. The summed E-state index contributed by atoms with van der Waals surface area (Å²) < 4.78 is 0. The maximum atomic E-state index is 12.0. The average molecular weight is 282 g/mol. The van der Waals surface area contributed by atoms with Crippen molar-refractivity contribution in [3.05, 3.63) is 45.4 Å². The Bertz CT molecular complexity index is 556. The summed E-state index contributed by atoms with van der Waals surface area (Å²) in [5.41, 5.74) is 6.52. The van der Waals surface area contributed by atoms with Crippen LogP contribution < -0.4 is 11.1 Å². The molecule has 0 spiro atoms. The number of nitrogens with one attached hydrogen (secondary N) is 1. The van der Waals surface area contributed by atoms with Gasteiger partial charge in [-0.15, -0.1) is 11.3 Å².